The highest BCUT2D eigenvalue weighted by Crippen LogP contribution is 2.42. The lowest BCUT2D eigenvalue weighted by atomic mass is 10.1. The van der Waals surface area contributed by atoms with Crippen molar-refractivity contribution in [1.82, 2.24) is 9.71 Å². The minimum absolute atomic E-state index is 0.320. The van der Waals surface area contributed by atoms with Gasteiger partial charge in [-0.1, -0.05) is 18.2 Å². The molecule has 19 heavy (non-hydrogen) atoms. The molecule has 2 aromatic rings. The highest BCUT2D eigenvalue weighted by molar-refractivity contribution is 7.91. The summed E-state index contributed by atoms with van der Waals surface area (Å²) in [5, 5.41) is 0.994. The van der Waals surface area contributed by atoms with E-state index in [0.29, 0.717) is 6.54 Å². The van der Waals surface area contributed by atoms with Crippen molar-refractivity contribution in [3.05, 3.63) is 42.1 Å². The summed E-state index contributed by atoms with van der Waals surface area (Å²) in [4.78, 5) is 4.27. The van der Waals surface area contributed by atoms with Gasteiger partial charge in [-0.2, -0.15) is 0 Å². The first kappa shape index (κ1) is 12.6. The molecule has 0 radical (unpaired) electrons. The maximum atomic E-state index is 12.1. The zero-order chi connectivity index (χ0) is 13.5. The first-order valence-electron chi connectivity index (χ1n) is 6.34. The molecule has 0 aliphatic heterocycles. The number of nitrogens with zero attached hydrogens (tertiary/aromatic N) is 1. The molecule has 0 spiro atoms. The van der Waals surface area contributed by atoms with Gasteiger partial charge in [0, 0.05) is 18.1 Å². The van der Waals surface area contributed by atoms with Gasteiger partial charge in [0.1, 0.15) is 0 Å². The molecule has 1 aliphatic rings. The van der Waals surface area contributed by atoms with E-state index >= 15 is 0 Å². The number of sulfonamides is 1. The maximum absolute atomic E-state index is 12.1. The Kier molecular flexibility index (Phi) is 2.83. The molecule has 4 nitrogen and oxygen atoms in total. The van der Waals surface area contributed by atoms with Crippen molar-refractivity contribution >= 4 is 20.9 Å². The number of hydrogen-bond donors (Lipinski definition) is 1. The van der Waals surface area contributed by atoms with Crippen LogP contribution in [0.2, 0.25) is 0 Å². The predicted octanol–water partition coefficient (Wildman–Crippen LogP) is 2.21. The summed E-state index contributed by atoms with van der Waals surface area (Å²) in [5.41, 5.74) is 1.84. The van der Waals surface area contributed by atoms with Crippen LogP contribution in [0.4, 0.5) is 0 Å². The van der Waals surface area contributed by atoms with E-state index < -0.39 is 14.8 Å². The van der Waals surface area contributed by atoms with Crippen LogP contribution < -0.4 is 4.72 Å². The summed E-state index contributed by atoms with van der Waals surface area (Å²) in [5.74, 6) is 0. The van der Waals surface area contributed by atoms with E-state index in [2.05, 4.69) is 9.71 Å². The van der Waals surface area contributed by atoms with Gasteiger partial charge in [0.05, 0.1) is 10.3 Å². The van der Waals surface area contributed by atoms with E-state index in [0.717, 1.165) is 29.3 Å². The minimum atomic E-state index is -3.22. The average molecular weight is 276 g/mol. The Morgan fingerprint density at radius 1 is 1.26 bits per heavy atom. The highest BCUT2D eigenvalue weighted by Gasteiger charge is 2.49. The molecule has 1 N–H and O–H groups in total. The van der Waals surface area contributed by atoms with E-state index in [1.54, 1.807) is 13.1 Å². The van der Waals surface area contributed by atoms with Crippen molar-refractivity contribution in [1.29, 1.82) is 0 Å². The van der Waals surface area contributed by atoms with Crippen LogP contribution in [0.15, 0.2) is 36.5 Å². The monoisotopic (exact) mass is 276 g/mol. The third-order valence-corrected chi connectivity index (χ3v) is 6.03. The molecule has 0 amide bonds. The molecule has 3 rings (SSSR count). The van der Waals surface area contributed by atoms with Crippen molar-refractivity contribution in [2.24, 2.45) is 0 Å². The molecule has 0 atom stereocenters. The molecule has 1 aliphatic carbocycles. The smallest absolute Gasteiger partial charge is 0.217 e. The first-order chi connectivity index (χ1) is 9.02. The summed E-state index contributed by atoms with van der Waals surface area (Å²) in [7, 11) is -3.22. The molecule has 1 aromatic heterocycles. The molecular formula is C14H16N2O2S. The van der Waals surface area contributed by atoms with E-state index in [9.17, 15) is 8.42 Å². The molecule has 100 valence electrons. The number of pyridine rings is 1. The summed E-state index contributed by atoms with van der Waals surface area (Å²) in [6, 6.07) is 9.61. The number of hydrogen-bond acceptors (Lipinski definition) is 3. The van der Waals surface area contributed by atoms with E-state index in [1.165, 1.54) is 0 Å². The largest absolute Gasteiger partial charge is 0.256 e. The summed E-state index contributed by atoms with van der Waals surface area (Å²) < 4.78 is 26.3. The van der Waals surface area contributed by atoms with Gasteiger partial charge in [0.2, 0.25) is 10.0 Å². The van der Waals surface area contributed by atoms with E-state index in [1.807, 2.05) is 30.3 Å². The lowest BCUT2D eigenvalue weighted by Crippen LogP contribution is -2.33. The number of rotatable bonds is 4. The molecule has 0 unspecified atom stereocenters. The van der Waals surface area contributed by atoms with Crippen LogP contribution in [0.5, 0.6) is 0 Å². The Balaban J connectivity index is 1.87. The molecule has 1 heterocycles. The van der Waals surface area contributed by atoms with Gasteiger partial charge < -0.3 is 0 Å². The second kappa shape index (κ2) is 4.28. The Bertz CT molecular complexity index is 716. The first-order valence-corrected chi connectivity index (χ1v) is 7.82. The van der Waals surface area contributed by atoms with Crippen molar-refractivity contribution in [2.75, 3.05) is 0 Å². The van der Waals surface area contributed by atoms with Crippen LogP contribution >= 0.6 is 0 Å². The lowest BCUT2D eigenvalue weighted by molar-refractivity contribution is 0.566. The average Bonchev–Trinajstić information content (AvgIpc) is 3.16. The zero-order valence-electron chi connectivity index (χ0n) is 10.8. The number of aromatic nitrogens is 1. The zero-order valence-corrected chi connectivity index (χ0v) is 11.6. The fourth-order valence-corrected chi connectivity index (χ4v) is 3.43. The number of nitrogens with one attached hydrogen (secondary N) is 1. The molecule has 1 aromatic carbocycles. The topological polar surface area (TPSA) is 59.1 Å². The van der Waals surface area contributed by atoms with Crippen molar-refractivity contribution in [3.63, 3.8) is 0 Å². The summed E-state index contributed by atoms with van der Waals surface area (Å²) in [6.45, 7) is 2.11. The van der Waals surface area contributed by atoms with Crippen LogP contribution in [0, 0.1) is 0 Å². The normalized spacial score (nSPS) is 17.5. The second-order valence-electron chi connectivity index (χ2n) is 5.26. The third kappa shape index (κ3) is 2.24. The van der Waals surface area contributed by atoms with Gasteiger partial charge >= 0.3 is 0 Å². The number of fused-ring (bicyclic) bond motifs is 1. The van der Waals surface area contributed by atoms with Crippen molar-refractivity contribution in [3.8, 4) is 0 Å². The summed E-state index contributed by atoms with van der Waals surface area (Å²) in [6.07, 6.45) is 3.21. The standard InChI is InChI=1S/C14H16N2O2S/c1-14(7-8-14)19(17,18)16-10-11-6-9-15-13-5-3-2-4-12(11)13/h2-6,9,16H,7-8,10H2,1H3. The van der Waals surface area contributed by atoms with Gasteiger partial charge in [-0.15, -0.1) is 0 Å². The van der Waals surface area contributed by atoms with E-state index in [4.69, 9.17) is 0 Å². The Morgan fingerprint density at radius 3 is 2.74 bits per heavy atom. The van der Waals surface area contributed by atoms with Gasteiger partial charge in [-0.05, 0) is 37.5 Å². The fraction of sp³-hybridized carbons (Fsp3) is 0.357. The second-order valence-corrected chi connectivity index (χ2v) is 7.54. The quantitative estimate of drug-likeness (QED) is 0.931. The van der Waals surface area contributed by atoms with Crippen LogP contribution in [0.3, 0.4) is 0 Å². The number of benzene rings is 1. The molecule has 5 heteroatoms. The molecule has 0 bridgehead atoms. The third-order valence-electron chi connectivity index (χ3n) is 3.79. The SMILES string of the molecule is CC1(S(=O)(=O)NCc2ccnc3ccccc23)CC1. The van der Waals surface area contributed by atoms with Gasteiger partial charge in [-0.3, -0.25) is 4.98 Å². The van der Waals surface area contributed by atoms with Gasteiger partial charge in [0.15, 0.2) is 0 Å². The minimum Gasteiger partial charge on any atom is -0.256 e. The predicted molar refractivity (Wildman–Crippen MR) is 75.1 cm³/mol. The van der Waals surface area contributed by atoms with E-state index in [-0.39, 0.29) is 0 Å². The highest BCUT2D eigenvalue weighted by atomic mass is 32.2. The van der Waals surface area contributed by atoms with Crippen LogP contribution in [-0.4, -0.2) is 18.1 Å². The Labute approximate surface area is 112 Å². The molecular weight excluding hydrogens is 260 g/mol. The van der Waals surface area contributed by atoms with Crippen LogP contribution in [-0.2, 0) is 16.6 Å². The van der Waals surface area contributed by atoms with Crippen LogP contribution in [0.1, 0.15) is 25.3 Å². The summed E-state index contributed by atoms with van der Waals surface area (Å²) >= 11 is 0. The Morgan fingerprint density at radius 2 is 2.00 bits per heavy atom. The number of para-hydroxylation sites is 1. The lowest BCUT2D eigenvalue weighted by Gasteiger charge is -2.13. The van der Waals surface area contributed by atoms with Crippen molar-refractivity contribution < 1.29 is 8.42 Å². The maximum Gasteiger partial charge on any atom is 0.217 e. The molecule has 0 saturated heterocycles. The fourth-order valence-electron chi connectivity index (χ4n) is 2.10. The molecule has 1 saturated carbocycles. The van der Waals surface area contributed by atoms with Crippen LogP contribution in [0.25, 0.3) is 10.9 Å². The van der Waals surface area contributed by atoms with Gasteiger partial charge in [-0.25, -0.2) is 13.1 Å². The Hall–Kier alpha value is -1.46. The van der Waals surface area contributed by atoms with Gasteiger partial charge in [0.25, 0.3) is 0 Å². The molecule has 1 fully saturated rings. The van der Waals surface area contributed by atoms with Crippen molar-refractivity contribution in [2.45, 2.75) is 31.1 Å².